The number of para-hydroxylation sites is 1. The third kappa shape index (κ3) is 2.14. The summed E-state index contributed by atoms with van der Waals surface area (Å²) >= 11 is 0. The van der Waals surface area contributed by atoms with E-state index in [1.165, 1.54) is 0 Å². The van der Waals surface area contributed by atoms with Crippen LogP contribution in [0.25, 0.3) is 11.0 Å². The van der Waals surface area contributed by atoms with Gasteiger partial charge in [0.2, 0.25) is 0 Å². The summed E-state index contributed by atoms with van der Waals surface area (Å²) in [4.78, 5) is 8.70. The zero-order valence-electron chi connectivity index (χ0n) is 11.3. The molecule has 0 aliphatic heterocycles. The van der Waals surface area contributed by atoms with Crippen LogP contribution in [0.5, 0.6) is 0 Å². The second-order valence-electron chi connectivity index (χ2n) is 4.63. The van der Waals surface area contributed by atoms with Crippen molar-refractivity contribution in [3.63, 3.8) is 0 Å². The van der Waals surface area contributed by atoms with E-state index in [1.54, 1.807) is 18.6 Å². The van der Waals surface area contributed by atoms with E-state index in [2.05, 4.69) is 27.2 Å². The highest BCUT2D eigenvalue weighted by atomic mass is 15.4. The van der Waals surface area contributed by atoms with Crippen LogP contribution >= 0.6 is 0 Å². The first-order chi connectivity index (χ1) is 9.81. The maximum atomic E-state index is 6.39. The Labute approximate surface area is 116 Å². The van der Waals surface area contributed by atoms with E-state index in [4.69, 9.17) is 5.73 Å². The van der Waals surface area contributed by atoms with Crippen LogP contribution in [0.4, 0.5) is 0 Å². The van der Waals surface area contributed by atoms with Gasteiger partial charge in [0.25, 0.3) is 0 Å². The number of aryl methyl sites for hydroxylation is 1. The van der Waals surface area contributed by atoms with Gasteiger partial charge in [-0.1, -0.05) is 24.3 Å². The molecule has 0 radical (unpaired) electrons. The molecule has 3 rings (SSSR count). The largest absolute Gasteiger partial charge is 0.319 e. The molecular weight excluding hydrogens is 252 g/mol. The Balaban J connectivity index is 2.08. The van der Waals surface area contributed by atoms with Crippen LogP contribution in [-0.4, -0.2) is 25.0 Å². The highest BCUT2D eigenvalue weighted by Crippen LogP contribution is 2.24. The summed E-state index contributed by atoms with van der Waals surface area (Å²) in [5, 5.41) is 8.05. The summed E-state index contributed by atoms with van der Waals surface area (Å²) in [6.45, 7) is 2.90. The fraction of sp³-hybridized carbons (Fsp3) is 0.286. The Bertz CT molecular complexity index is 715. The SMILES string of the molecule is CCCn1nncc1C(N)c1cccc2nccnc12. The summed E-state index contributed by atoms with van der Waals surface area (Å²) in [5.74, 6) is 0. The Morgan fingerprint density at radius 3 is 2.95 bits per heavy atom. The summed E-state index contributed by atoms with van der Waals surface area (Å²) in [5.41, 5.74) is 9.89. The van der Waals surface area contributed by atoms with Crippen molar-refractivity contribution >= 4 is 11.0 Å². The van der Waals surface area contributed by atoms with Gasteiger partial charge in [-0.25, -0.2) is 4.68 Å². The summed E-state index contributed by atoms with van der Waals surface area (Å²) in [6.07, 6.45) is 6.06. The van der Waals surface area contributed by atoms with Gasteiger partial charge >= 0.3 is 0 Å². The molecule has 20 heavy (non-hydrogen) atoms. The van der Waals surface area contributed by atoms with E-state index >= 15 is 0 Å². The van der Waals surface area contributed by atoms with Gasteiger partial charge in [-0.3, -0.25) is 9.97 Å². The lowest BCUT2D eigenvalue weighted by Gasteiger charge is -2.14. The van der Waals surface area contributed by atoms with E-state index in [1.807, 2.05) is 22.9 Å². The molecule has 2 heterocycles. The first-order valence-electron chi connectivity index (χ1n) is 6.65. The molecular formula is C14H16N6. The molecule has 0 amide bonds. The predicted molar refractivity (Wildman–Crippen MR) is 75.9 cm³/mol. The molecule has 0 fully saturated rings. The zero-order chi connectivity index (χ0) is 13.9. The number of hydrogen-bond donors (Lipinski definition) is 1. The number of hydrogen-bond acceptors (Lipinski definition) is 5. The topological polar surface area (TPSA) is 82.5 Å². The lowest BCUT2D eigenvalue weighted by Crippen LogP contribution is -2.18. The molecule has 1 aromatic carbocycles. The van der Waals surface area contributed by atoms with Crippen LogP contribution in [0.15, 0.2) is 36.8 Å². The van der Waals surface area contributed by atoms with Crippen molar-refractivity contribution in [2.45, 2.75) is 25.9 Å². The predicted octanol–water partition coefficient (Wildman–Crippen LogP) is 1.68. The normalized spacial score (nSPS) is 12.7. The summed E-state index contributed by atoms with van der Waals surface area (Å²) in [6, 6.07) is 5.54. The minimum absolute atomic E-state index is 0.308. The molecule has 6 nitrogen and oxygen atoms in total. The molecule has 0 saturated heterocycles. The van der Waals surface area contributed by atoms with Crippen LogP contribution in [0.3, 0.4) is 0 Å². The van der Waals surface area contributed by atoms with Gasteiger partial charge in [-0.2, -0.15) is 0 Å². The Morgan fingerprint density at radius 2 is 2.10 bits per heavy atom. The molecule has 6 heteroatoms. The molecule has 2 N–H and O–H groups in total. The second-order valence-corrected chi connectivity index (χ2v) is 4.63. The molecule has 0 aliphatic carbocycles. The van der Waals surface area contributed by atoms with Crippen molar-refractivity contribution in [1.29, 1.82) is 0 Å². The Hall–Kier alpha value is -2.34. The molecule has 3 aromatic rings. The van der Waals surface area contributed by atoms with Crippen molar-refractivity contribution < 1.29 is 0 Å². The highest BCUT2D eigenvalue weighted by molar-refractivity contribution is 5.78. The van der Waals surface area contributed by atoms with Crippen molar-refractivity contribution in [2.24, 2.45) is 5.73 Å². The average molecular weight is 268 g/mol. The van der Waals surface area contributed by atoms with E-state index in [-0.39, 0.29) is 6.04 Å². The van der Waals surface area contributed by atoms with Crippen LogP contribution in [0.1, 0.15) is 30.6 Å². The van der Waals surface area contributed by atoms with Crippen LogP contribution in [0.2, 0.25) is 0 Å². The molecule has 102 valence electrons. The van der Waals surface area contributed by atoms with Crippen molar-refractivity contribution in [2.75, 3.05) is 0 Å². The third-order valence-electron chi connectivity index (χ3n) is 3.27. The third-order valence-corrected chi connectivity index (χ3v) is 3.27. The standard InChI is InChI=1S/C14H16N6/c1-2-8-20-12(9-18-19-20)13(15)10-4-3-5-11-14(10)17-7-6-16-11/h3-7,9,13H,2,8,15H2,1H3. The lowest BCUT2D eigenvalue weighted by molar-refractivity contribution is 0.544. The number of aromatic nitrogens is 5. The van der Waals surface area contributed by atoms with Crippen LogP contribution < -0.4 is 5.73 Å². The zero-order valence-corrected chi connectivity index (χ0v) is 11.3. The molecule has 1 unspecified atom stereocenters. The monoisotopic (exact) mass is 268 g/mol. The fourth-order valence-electron chi connectivity index (χ4n) is 2.32. The molecule has 0 spiro atoms. The quantitative estimate of drug-likeness (QED) is 0.778. The highest BCUT2D eigenvalue weighted by Gasteiger charge is 2.17. The average Bonchev–Trinajstić information content (AvgIpc) is 2.94. The number of rotatable bonds is 4. The Kier molecular flexibility index (Phi) is 3.39. The van der Waals surface area contributed by atoms with Crippen molar-refractivity contribution in [3.05, 3.63) is 48.0 Å². The van der Waals surface area contributed by atoms with Gasteiger partial charge in [0, 0.05) is 24.5 Å². The molecule has 0 saturated carbocycles. The fourth-order valence-corrected chi connectivity index (χ4v) is 2.32. The van der Waals surface area contributed by atoms with Crippen molar-refractivity contribution in [1.82, 2.24) is 25.0 Å². The molecule has 2 aromatic heterocycles. The van der Waals surface area contributed by atoms with Gasteiger partial charge in [0.1, 0.15) is 0 Å². The van der Waals surface area contributed by atoms with Crippen molar-refractivity contribution in [3.8, 4) is 0 Å². The molecule has 0 aliphatic rings. The second kappa shape index (κ2) is 5.34. The van der Waals surface area contributed by atoms with E-state index in [9.17, 15) is 0 Å². The minimum atomic E-state index is -0.308. The Morgan fingerprint density at radius 1 is 1.25 bits per heavy atom. The first kappa shape index (κ1) is 12.7. The number of nitrogens with zero attached hydrogens (tertiary/aromatic N) is 5. The van der Waals surface area contributed by atoms with Gasteiger partial charge < -0.3 is 5.73 Å². The van der Waals surface area contributed by atoms with Gasteiger partial charge in [-0.05, 0) is 12.5 Å². The summed E-state index contributed by atoms with van der Waals surface area (Å²) < 4.78 is 1.85. The van der Waals surface area contributed by atoms with Crippen LogP contribution in [0, 0.1) is 0 Å². The lowest BCUT2D eigenvalue weighted by atomic mass is 10.0. The first-order valence-corrected chi connectivity index (χ1v) is 6.65. The van der Waals surface area contributed by atoms with E-state index in [0.29, 0.717) is 0 Å². The van der Waals surface area contributed by atoms with Gasteiger partial charge in [-0.15, -0.1) is 5.10 Å². The van der Waals surface area contributed by atoms with Gasteiger partial charge in [0.15, 0.2) is 0 Å². The van der Waals surface area contributed by atoms with Gasteiger partial charge in [0.05, 0.1) is 29.0 Å². The smallest absolute Gasteiger partial charge is 0.0938 e. The number of benzene rings is 1. The minimum Gasteiger partial charge on any atom is -0.319 e. The van der Waals surface area contributed by atoms with Crippen LogP contribution in [-0.2, 0) is 6.54 Å². The van der Waals surface area contributed by atoms with E-state index < -0.39 is 0 Å². The van der Waals surface area contributed by atoms with E-state index in [0.717, 1.165) is 35.3 Å². The number of nitrogens with two attached hydrogens (primary N) is 1. The summed E-state index contributed by atoms with van der Waals surface area (Å²) in [7, 11) is 0. The number of fused-ring (bicyclic) bond motifs is 1. The molecule has 0 bridgehead atoms. The maximum absolute atomic E-state index is 6.39. The molecule has 1 atom stereocenters. The maximum Gasteiger partial charge on any atom is 0.0938 e.